The Bertz CT molecular complexity index is 1440. The number of nitrogens with zero attached hydrogens (tertiary/aromatic N) is 6. The highest BCUT2D eigenvalue weighted by Gasteiger charge is 2.39. The third kappa shape index (κ3) is 4.63. The number of aromatic nitrogens is 5. The molecule has 1 N–H and O–H groups in total. The minimum Gasteiger partial charge on any atom is -0.485 e. The van der Waals surface area contributed by atoms with E-state index in [1.807, 2.05) is 44.2 Å². The molecule has 3 aromatic heterocycles. The van der Waals surface area contributed by atoms with Gasteiger partial charge in [-0.1, -0.05) is 28.9 Å². The molecule has 1 fully saturated rings. The largest absolute Gasteiger partial charge is 0.485 e. The highest BCUT2D eigenvalue weighted by atomic mass is 35.5. The standard InChI is InChI=1S/C27H31ClN6O3/c1-17-7-9-21(18(2)30-17)27(35,23-16-29-32-33(23)3)19-8-10-22-20(15-19)24(28)25(26(31-22)36-4)37-14-13-34-11-5-6-12-34/h7-10,15-16,35H,5-6,11-14H2,1-4H3/t27-/m0/s1. The minimum absolute atomic E-state index is 0.330. The van der Waals surface area contributed by atoms with Crippen molar-refractivity contribution in [2.75, 3.05) is 33.4 Å². The first-order chi connectivity index (χ1) is 17.8. The molecule has 1 aliphatic rings. The Kier molecular flexibility index (Phi) is 7.02. The van der Waals surface area contributed by atoms with E-state index >= 15 is 0 Å². The van der Waals surface area contributed by atoms with Crippen LogP contribution in [-0.4, -0.2) is 68.3 Å². The highest BCUT2D eigenvalue weighted by molar-refractivity contribution is 6.37. The number of aliphatic hydroxyl groups is 1. The van der Waals surface area contributed by atoms with E-state index in [1.165, 1.54) is 12.8 Å². The molecule has 37 heavy (non-hydrogen) atoms. The second kappa shape index (κ2) is 10.2. The van der Waals surface area contributed by atoms with Gasteiger partial charge in [-0.25, -0.2) is 9.67 Å². The fourth-order valence-electron chi connectivity index (χ4n) is 5.08. The quantitative estimate of drug-likeness (QED) is 0.373. The summed E-state index contributed by atoms with van der Waals surface area (Å²) >= 11 is 6.91. The van der Waals surface area contributed by atoms with Gasteiger partial charge in [-0.3, -0.25) is 9.88 Å². The molecule has 1 aromatic carbocycles. The summed E-state index contributed by atoms with van der Waals surface area (Å²) in [6.07, 6.45) is 4.00. The van der Waals surface area contributed by atoms with Crippen LogP contribution in [0.4, 0.5) is 0 Å². The zero-order valence-corrected chi connectivity index (χ0v) is 22.3. The van der Waals surface area contributed by atoms with Gasteiger partial charge in [-0.2, -0.15) is 0 Å². The lowest BCUT2D eigenvalue weighted by Gasteiger charge is -2.30. The van der Waals surface area contributed by atoms with Crippen molar-refractivity contribution < 1.29 is 14.6 Å². The van der Waals surface area contributed by atoms with E-state index in [0.29, 0.717) is 56.7 Å². The maximum absolute atomic E-state index is 12.4. The first kappa shape index (κ1) is 25.4. The van der Waals surface area contributed by atoms with Gasteiger partial charge in [-0.15, -0.1) is 5.10 Å². The van der Waals surface area contributed by atoms with Crippen molar-refractivity contribution in [3.8, 4) is 11.6 Å². The summed E-state index contributed by atoms with van der Waals surface area (Å²) < 4.78 is 13.2. The maximum atomic E-state index is 12.4. The Labute approximate surface area is 221 Å². The van der Waals surface area contributed by atoms with Gasteiger partial charge in [-0.05, 0) is 63.5 Å². The molecule has 4 heterocycles. The zero-order chi connectivity index (χ0) is 26.2. The lowest BCUT2D eigenvalue weighted by Crippen LogP contribution is -2.32. The summed E-state index contributed by atoms with van der Waals surface area (Å²) in [4.78, 5) is 11.6. The Morgan fingerprint density at radius 2 is 1.89 bits per heavy atom. The molecule has 0 aliphatic carbocycles. The molecule has 10 heteroatoms. The van der Waals surface area contributed by atoms with E-state index in [2.05, 4.69) is 25.2 Å². The third-order valence-corrected chi connectivity index (χ3v) is 7.39. The number of rotatable bonds is 8. The summed E-state index contributed by atoms with van der Waals surface area (Å²) in [5, 5.41) is 21.5. The number of pyridine rings is 2. The molecule has 0 amide bonds. The molecule has 1 atom stereocenters. The van der Waals surface area contributed by atoms with Gasteiger partial charge in [0.05, 0.1) is 29.5 Å². The molecule has 0 bridgehead atoms. The Balaban J connectivity index is 1.62. The predicted octanol–water partition coefficient (Wildman–Crippen LogP) is 3.80. The van der Waals surface area contributed by atoms with Gasteiger partial charge < -0.3 is 14.6 Å². The lowest BCUT2D eigenvalue weighted by atomic mass is 9.82. The third-order valence-electron chi connectivity index (χ3n) is 7.01. The number of methoxy groups -OCH3 is 1. The molecule has 1 aliphatic heterocycles. The summed E-state index contributed by atoms with van der Waals surface area (Å²) in [6.45, 7) is 7.25. The number of benzene rings is 1. The topological polar surface area (TPSA) is 98.4 Å². The van der Waals surface area contributed by atoms with Crippen LogP contribution in [0.5, 0.6) is 11.6 Å². The van der Waals surface area contributed by atoms with Crippen molar-refractivity contribution in [1.29, 1.82) is 0 Å². The van der Waals surface area contributed by atoms with Crippen LogP contribution in [0.1, 0.15) is 41.1 Å². The van der Waals surface area contributed by atoms with Crippen molar-refractivity contribution in [3.63, 3.8) is 0 Å². The number of hydrogen-bond acceptors (Lipinski definition) is 8. The van der Waals surface area contributed by atoms with Crippen molar-refractivity contribution in [2.24, 2.45) is 7.05 Å². The maximum Gasteiger partial charge on any atom is 0.258 e. The van der Waals surface area contributed by atoms with E-state index < -0.39 is 5.60 Å². The van der Waals surface area contributed by atoms with Gasteiger partial charge in [0.15, 0.2) is 5.60 Å². The first-order valence-electron chi connectivity index (χ1n) is 12.4. The fourth-order valence-corrected chi connectivity index (χ4v) is 5.37. The molecular weight excluding hydrogens is 492 g/mol. The predicted molar refractivity (Wildman–Crippen MR) is 141 cm³/mol. The number of hydrogen-bond donors (Lipinski definition) is 1. The second-order valence-electron chi connectivity index (χ2n) is 9.43. The summed E-state index contributed by atoms with van der Waals surface area (Å²) in [7, 11) is 3.30. The van der Waals surface area contributed by atoms with Crippen LogP contribution in [0.25, 0.3) is 10.9 Å². The van der Waals surface area contributed by atoms with Crippen molar-refractivity contribution in [1.82, 2.24) is 29.9 Å². The van der Waals surface area contributed by atoms with Gasteiger partial charge >= 0.3 is 0 Å². The van der Waals surface area contributed by atoms with E-state index in [1.54, 1.807) is 25.0 Å². The summed E-state index contributed by atoms with van der Waals surface area (Å²) in [5.41, 5.74) is 2.31. The van der Waals surface area contributed by atoms with Crippen LogP contribution in [0.15, 0.2) is 36.5 Å². The van der Waals surface area contributed by atoms with Crippen LogP contribution in [0, 0.1) is 13.8 Å². The van der Waals surface area contributed by atoms with Crippen molar-refractivity contribution in [2.45, 2.75) is 32.3 Å². The minimum atomic E-state index is -1.59. The number of fused-ring (bicyclic) bond motifs is 1. The fraction of sp³-hybridized carbons (Fsp3) is 0.407. The lowest BCUT2D eigenvalue weighted by molar-refractivity contribution is 0.115. The van der Waals surface area contributed by atoms with E-state index in [0.717, 1.165) is 25.3 Å². The van der Waals surface area contributed by atoms with Crippen LogP contribution in [0.3, 0.4) is 0 Å². The summed E-state index contributed by atoms with van der Waals surface area (Å²) in [6, 6.07) is 9.24. The van der Waals surface area contributed by atoms with Gasteiger partial charge in [0.25, 0.3) is 5.88 Å². The first-order valence-corrected chi connectivity index (χ1v) is 12.8. The molecule has 0 spiro atoms. The van der Waals surface area contributed by atoms with Crippen LogP contribution < -0.4 is 9.47 Å². The zero-order valence-electron chi connectivity index (χ0n) is 21.5. The molecule has 0 unspecified atom stereocenters. The highest BCUT2D eigenvalue weighted by Crippen LogP contribution is 2.43. The van der Waals surface area contributed by atoms with E-state index in [4.69, 9.17) is 21.1 Å². The Hall–Kier alpha value is -3.27. The van der Waals surface area contributed by atoms with Gasteiger partial charge in [0.1, 0.15) is 6.61 Å². The molecule has 5 rings (SSSR count). The molecule has 4 aromatic rings. The second-order valence-corrected chi connectivity index (χ2v) is 9.81. The number of likely N-dealkylation sites (tertiary alicyclic amines) is 1. The molecule has 0 radical (unpaired) electrons. The number of ether oxygens (including phenoxy) is 2. The average Bonchev–Trinajstić information content (AvgIpc) is 3.56. The van der Waals surface area contributed by atoms with Gasteiger partial charge in [0, 0.05) is 35.9 Å². The molecule has 194 valence electrons. The van der Waals surface area contributed by atoms with Crippen molar-refractivity contribution >= 4 is 22.5 Å². The Morgan fingerprint density at radius 3 is 2.57 bits per heavy atom. The average molecular weight is 523 g/mol. The van der Waals surface area contributed by atoms with E-state index in [-0.39, 0.29) is 0 Å². The van der Waals surface area contributed by atoms with Crippen LogP contribution in [-0.2, 0) is 12.6 Å². The normalized spacial score (nSPS) is 15.7. The van der Waals surface area contributed by atoms with E-state index in [9.17, 15) is 5.11 Å². The number of halogens is 1. The molecule has 1 saturated heterocycles. The van der Waals surface area contributed by atoms with Crippen LogP contribution >= 0.6 is 11.6 Å². The molecule has 9 nitrogen and oxygen atoms in total. The molecule has 0 saturated carbocycles. The molecular formula is C27H31ClN6O3. The SMILES string of the molecule is COc1nc2ccc([C@](O)(c3ccc(C)nc3C)c3cnnn3C)cc2c(Cl)c1OCCN1CCCC1. The smallest absolute Gasteiger partial charge is 0.258 e. The Morgan fingerprint density at radius 1 is 1.11 bits per heavy atom. The van der Waals surface area contributed by atoms with Crippen LogP contribution in [0.2, 0.25) is 5.02 Å². The van der Waals surface area contributed by atoms with Crippen molar-refractivity contribution in [3.05, 3.63) is 69.8 Å². The monoisotopic (exact) mass is 522 g/mol. The van der Waals surface area contributed by atoms with Gasteiger partial charge in [0.2, 0.25) is 5.75 Å². The number of aryl methyl sites for hydroxylation is 3. The summed E-state index contributed by atoms with van der Waals surface area (Å²) in [5.74, 6) is 0.725.